The lowest BCUT2D eigenvalue weighted by Gasteiger charge is -2.00. The Morgan fingerprint density at radius 3 is 2.11 bits per heavy atom. The fourth-order valence-electron chi connectivity index (χ4n) is 1.16. The fraction of sp³-hybridized carbons (Fsp3) is 0. The van der Waals surface area contributed by atoms with Gasteiger partial charge in [0.05, 0.1) is 15.5 Å². The molecular weight excluding hydrogens is 248 g/mol. The van der Waals surface area contributed by atoms with Crippen LogP contribution in [0.1, 0.15) is 0 Å². The molecule has 0 N–H and O–H groups in total. The fourth-order valence-corrected chi connectivity index (χ4v) is 1.16. The van der Waals surface area contributed by atoms with Gasteiger partial charge in [-0.15, -0.1) is 0 Å². The molecule has 0 saturated heterocycles. The van der Waals surface area contributed by atoms with Crippen LogP contribution in [-0.2, 0) is 0 Å². The van der Waals surface area contributed by atoms with Crippen molar-refractivity contribution in [1.29, 1.82) is 0 Å². The summed E-state index contributed by atoms with van der Waals surface area (Å²) in [4.78, 5) is 24.0. The number of azide groups is 2. The molecule has 0 amide bonds. The van der Waals surface area contributed by atoms with Crippen LogP contribution >= 0.6 is 0 Å². The second-order valence-corrected chi connectivity index (χ2v) is 2.69. The first-order valence-corrected chi connectivity index (χ1v) is 4.09. The minimum absolute atomic E-state index is 0.368. The molecule has 0 unspecified atom stereocenters. The zero-order chi connectivity index (χ0) is 13.7. The van der Waals surface area contributed by atoms with Crippen molar-refractivity contribution in [2.75, 3.05) is 0 Å². The molecule has 1 aromatic rings. The zero-order valence-electron chi connectivity index (χ0n) is 8.37. The summed E-state index contributed by atoms with van der Waals surface area (Å²) >= 11 is 0. The van der Waals surface area contributed by atoms with Gasteiger partial charge < -0.3 is 0 Å². The minimum Gasteiger partial charge on any atom is -0.258 e. The van der Waals surface area contributed by atoms with Gasteiger partial charge in [-0.2, -0.15) is 0 Å². The molecule has 0 aromatic heterocycles. The van der Waals surface area contributed by atoms with Gasteiger partial charge in [0.25, 0.3) is 0 Å². The van der Waals surface area contributed by atoms with E-state index in [2.05, 4.69) is 20.1 Å². The summed E-state index contributed by atoms with van der Waals surface area (Å²) in [6, 6.07) is 1.74. The molecule has 90 valence electrons. The van der Waals surface area contributed by atoms with Gasteiger partial charge >= 0.3 is 11.4 Å². The van der Waals surface area contributed by atoms with Crippen LogP contribution in [0.4, 0.5) is 22.7 Å². The Labute approximate surface area is 97.0 Å². The molecule has 0 radical (unpaired) electrons. The topological polar surface area (TPSA) is 184 Å². The van der Waals surface area contributed by atoms with Crippen LogP contribution in [0.3, 0.4) is 0 Å². The summed E-state index contributed by atoms with van der Waals surface area (Å²) in [5, 5.41) is 27.4. The highest BCUT2D eigenvalue weighted by Gasteiger charge is 2.29. The van der Waals surface area contributed by atoms with Gasteiger partial charge in [-0.25, -0.2) is 0 Å². The molecule has 0 saturated carbocycles. The highest BCUT2D eigenvalue weighted by molar-refractivity contribution is 5.79. The van der Waals surface area contributed by atoms with Crippen molar-refractivity contribution in [3.8, 4) is 0 Å². The highest BCUT2D eigenvalue weighted by atomic mass is 16.6. The van der Waals surface area contributed by atoms with E-state index in [0.29, 0.717) is 0 Å². The lowest BCUT2D eigenvalue weighted by molar-refractivity contribution is -0.421. The van der Waals surface area contributed by atoms with Crippen molar-refractivity contribution >= 4 is 22.7 Å². The summed E-state index contributed by atoms with van der Waals surface area (Å²) in [6.07, 6.45) is 0. The predicted octanol–water partition coefficient (Wildman–Crippen LogP) is 3.39. The summed E-state index contributed by atoms with van der Waals surface area (Å²) in [5.74, 6) is 0. The second-order valence-electron chi connectivity index (χ2n) is 2.69. The molecule has 18 heavy (non-hydrogen) atoms. The van der Waals surface area contributed by atoms with Crippen molar-refractivity contribution in [1.82, 2.24) is 0 Å². The van der Waals surface area contributed by atoms with Crippen molar-refractivity contribution in [2.45, 2.75) is 0 Å². The first kappa shape index (κ1) is 12.7. The van der Waals surface area contributed by atoms with Gasteiger partial charge in [0.2, 0.25) is 0 Å². The first-order chi connectivity index (χ1) is 8.52. The van der Waals surface area contributed by atoms with Crippen molar-refractivity contribution in [3.63, 3.8) is 0 Å². The molecular formula is C6H2N8O4. The standard InChI is InChI=1S/C6H2N8O4/c7-11-9-3-1-2-4(13(15)16)6(14(17)18)5(3)10-12-8/h1-2H. The third-order valence-corrected chi connectivity index (χ3v) is 1.79. The van der Waals surface area contributed by atoms with E-state index in [9.17, 15) is 20.2 Å². The Bertz CT molecular complexity index is 600. The monoisotopic (exact) mass is 250 g/mol. The number of nitro groups is 2. The van der Waals surface area contributed by atoms with Gasteiger partial charge in [0, 0.05) is 15.9 Å². The van der Waals surface area contributed by atoms with Crippen LogP contribution in [-0.4, -0.2) is 9.85 Å². The van der Waals surface area contributed by atoms with Crippen molar-refractivity contribution < 1.29 is 9.85 Å². The maximum Gasteiger partial charge on any atom is 0.356 e. The van der Waals surface area contributed by atoms with E-state index in [1.54, 1.807) is 0 Å². The number of hydrogen-bond acceptors (Lipinski definition) is 6. The second kappa shape index (κ2) is 5.12. The van der Waals surface area contributed by atoms with E-state index >= 15 is 0 Å². The normalized spacial score (nSPS) is 8.89. The Kier molecular flexibility index (Phi) is 3.61. The molecule has 12 heteroatoms. The summed E-state index contributed by atoms with van der Waals surface area (Å²) in [7, 11) is 0. The third-order valence-electron chi connectivity index (χ3n) is 1.79. The number of rotatable bonds is 4. The summed E-state index contributed by atoms with van der Waals surface area (Å²) in [6.45, 7) is 0. The molecule has 1 aromatic carbocycles. The number of nitrogens with zero attached hydrogens (tertiary/aromatic N) is 8. The average Bonchev–Trinajstić information content (AvgIpc) is 2.30. The Morgan fingerprint density at radius 1 is 1.06 bits per heavy atom. The first-order valence-electron chi connectivity index (χ1n) is 4.09. The maximum absolute atomic E-state index is 10.8. The Morgan fingerprint density at radius 2 is 1.67 bits per heavy atom. The van der Waals surface area contributed by atoms with E-state index in [4.69, 9.17) is 11.1 Å². The Balaban J connectivity index is 3.81. The van der Waals surface area contributed by atoms with Crippen LogP contribution in [0, 0.1) is 20.2 Å². The van der Waals surface area contributed by atoms with Crippen LogP contribution in [0.15, 0.2) is 22.4 Å². The smallest absolute Gasteiger partial charge is 0.258 e. The van der Waals surface area contributed by atoms with Crippen molar-refractivity contribution in [3.05, 3.63) is 53.2 Å². The molecule has 0 heterocycles. The van der Waals surface area contributed by atoms with Crippen LogP contribution in [0.25, 0.3) is 20.9 Å². The van der Waals surface area contributed by atoms with E-state index in [1.165, 1.54) is 0 Å². The summed E-state index contributed by atoms with van der Waals surface area (Å²) in [5.41, 5.74) is 13.6. The number of hydrogen-bond donors (Lipinski definition) is 0. The quantitative estimate of drug-likeness (QED) is 0.260. The van der Waals surface area contributed by atoms with Crippen LogP contribution < -0.4 is 0 Å². The lowest BCUT2D eigenvalue weighted by Crippen LogP contribution is -1.96. The minimum atomic E-state index is -1.08. The van der Waals surface area contributed by atoms with Gasteiger partial charge in [0.15, 0.2) is 0 Å². The van der Waals surface area contributed by atoms with Gasteiger partial charge in [-0.05, 0) is 17.1 Å². The van der Waals surface area contributed by atoms with Gasteiger partial charge in [0.1, 0.15) is 5.69 Å². The SMILES string of the molecule is [N-]=[N+]=Nc1ccc([N+](=O)[O-])c([N+](=O)[O-])c1N=[N+]=[N-]. The van der Waals surface area contributed by atoms with Crippen LogP contribution in [0.2, 0.25) is 0 Å². The third kappa shape index (κ3) is 2.24. The molecule has 0 fully saturated rings. The molecule has 1 rings (SSSR count). The van der Waals surface area contributed by atoms with Gasteiger partial charge in [-0.1, -0.05) is 10.2 Å². The van der Waals surface area contributed by atoms with Crippen LogP contribution in [0.5, 0.6) is 0 Å². The Hall–Kier alpha value is -3.36. The molecule has 12 nitrogen and oxygen atoms in total. The number of benzene rings is 1. The van der Waals surface area contributed by atoms with Gasteiger partial charge in [-0.3, -0.25) is 20.2 Å². The molecule has 0 atom stereocenters. The molecule has 0 spiro atoms. The van der Waals surface area contributed by atoms with E-state index in [0.717, 1.165) is 12.1 Å². The van der Waals surface area contributed by atoms with E-state index in [1.807, 2.05) is 0 Å². The largest absolute Gasteiger partial charge is 0.356 e. The molecule has 0 aliphatic carbocycles. The lowest BCUT2D eigenvalue weighted by atomic mass is 10.2. The zero-order valence-corrected chi connectivity index (χ0v) is 8.37. The maximum atomic E-state index is 10.8. The molecule has 0 aliphatic rings. The summed E-state index contributed by atoms with van der Waals surface area (Å²) < 4.78 is 0. The van der Waals surface area contributed by atoms with Crippen molar-refractivity contribution in [2.24, 2.45) is 10.2 Å². The predicted molar refractivity (Wildman–Crippen MR) is 57.4 cm³/mol. The molecule has 0 bridgehead atoms. The molecule has 0 aliphatic heterocycles. The van der Waals surface area contributed by atoms with E-state index in [-0.39, 0.29) is 5.69 Å². The average molecular weight is 250 g/mol. The number of nitro benzene ring substituents is 2. The highest BCUT2D eigenvalue weighted by Crippen LogP contribution is 2.43. The van der Waals surface area contributed by atoms with E-state index < -0.39 is 26.9 Å².